The summed E-state index contributed by atoms with van der Waals surface area (Å²) in [5, 5.41) is 10.5. The third-order valence-electron chi connectivity index (χ3n) is 9.55. The Kier molecular flexibility index (Phi) is 5.31. The summed E-state index contributed by atoms with van der Waals surface area (Å²) in [6.45, 7) is 0. The molecule has 2 heteroatoms. The lowest BCUT2D eigenvalue weighted by Crippen LogP contribution is -1.91. The van der Waals surface area contributed by atoms with Gasteiger partial charge in [0.2, 0.25) is 0 Å². The average molecular weight is 587 g/mol. The van der Waals surface area contributed by atoms with E-state index in [4.69, 9.17) is 8.83 Å². The molecular formula is C44H26O2. The van der Waals surface area contributed by atoms with E-state index in [0.717, 1.165) is 49.6 Å². The molecule has 2 heterocycles. The van der Waals surface area contributed by atoms with Crippen LogP contribution in [-0.4, -0.2) is 0 Å². The molecule has 2 nitrogen and oxygen atoms in total. The molecule has 0 radical (unpaired) electrons. The topological polar surface area (TPSA) is 26.3 Å². The summed E-state index contributed by atoms with van der Waals surface area (Å²) in [5.41, 5.74) is 9.39. The Morgan fingerprint density at radius 1 is 0.304 bits per heavy atom. The van der Waals surface area contributed by atoms with E-state index in [9.17, 15) is 0 Å². The first kappa shape index (κ1) is 25.2. The molecule has 0 spiro atoms. The van der Waals surface area contributed by atoms with E-state index in [-0.39, 0.29) is 0 Å². The molecule has 214 valence electrons. The van der Waals surface area contributed by atoms with E-state index in [1.54, 1.807) is 0 Å². The number of fused-ring (bicyclic) bond motifs is 8. The van der Waals surface area contributed by atoms with Gasteiger partial charge in [0.15, 0.2) is 11.2 Å². The zero-order valence-electron chi connectivity index (χ0n) is 24.8. The third-order valence-corrected chi connectivity index (χ3v) is 9.55. The summed E-state index contributed by atoms with van der Waals surface area (Å²) in [5.74, 6) is 0. The van der Waals surface area contributed by atoms with Crippen LogP contribution in [0.1, 0.15) is 0 Å². The minimum atomic E-state index is 0.777. The fourth-order valence-corrected chi connectivity index (χ4v) is 7.54. The minimum Gasteiger partial charge on any atom is -0.460 e. The Morgan fingerprint density at radius 2 is 0.826 bits per heavy atom. The molecule has 0 bridgehead atoms. The third kappa shape index (κ3) is 3.53. The minimum absolute atomic E-state index is 0.777. The van der Waals surface area contributed by atoms with E-state index < -0.39 is 0 Å². The van der Waals surface area contributed by atoms with Crippen molar-refractivity contribution >= 4 is 65.2 Å². The molecule has 0 aliphatic rings. The van der Waals surface area contributed by atoms with E-state index in [2.05, 4.69) is 146 Å². The summed E-state index contributed by atoms with van der Waals surface area (Å²) in [6.07, 6.45) is 1.85. The molecule has 10 aromatic rings. The smallest absolute Gasteiger partial charge is 0.178 e. The first-order chi connectivity index (χ1) is 22.8. The van der Waals surface area contributed by atoms with Gasteiger partial charge < -0.3 is 8.83 Å². The van der Waals surface area contributed by atoms with Gasteiger partial charge in [0.05, 0.1) is 6.26 Å². The summed E-state index contributed by atoms with van der Waals surface area (Å²) < 4.78 is 13.1. The van der Waals surface area contributed by atoms with Crippen molar-refractivity contribution in [1.82, 2.24) is 0 Å². The molecule has 10 rings (SSSR count). The van der Waals surface area contributed by atoms with Gasteiger partial charge in [0.25, 0.3) is 0 Å². The average Bonchev–Trinajstić information content (AvgIpc) is 3.73. The van der Waals surface area contributed by atoms with Gasteiger partial charge in [-0.3, -0.25) is 0 Å². The first-order valence-electron chi connectivity index (χ1n) is 15.7. The van der Waals surface area contributed by atoms with Crippen LogP contribution >= 0.6 is 0 Å². The number of furan rings is 2. The summed E-state index contributed by atoms with van der Waals surface area (Å²) in [7, 11) is 0. The van der Waals surface area contributed by atoms with E-state index in [1.165, 1.54) is 49.0 Å². The molecule has 0 saturated heterocycles. The second-order valence-corrected chi connectivity index (χ2v) is 12.0. The fraction of sp³-hybridized carbons (Fsp3) is 0. The van der Waals surface area contributed by atoms with Gasteiger partial charge in [-0.25, -0.2) is 0 Å². The number of hydrogen-bond acceptors (Lipinski definition) is 2. The second-order valence-electron chi connectivity index (χ2n) is 12.0. The van der Waals surface area contributed by atoms with Gasteiger partial charge in [-0.05, 0) is 61.1 Å². The maximum Gasteiger partial charge on any atom is 0.178 e. The van der Waals surface area contributed by atoms with Crippen LogP contribution in [0.2, 0.25) is 0 Å². The zero-order chi connectivity index (χ0) is 30.2. The molecule has 0 unspecified atom stereocenters. The Hall–Kier alpha value is -6.12. The fourth-order valence-electron chi connectivity index (χ4n) is 7.54. The van der Waals surface area contributed by atoms with Gasteiger partial charge in [-0.1, -0.05) is 140 Å². The lowest BCUT2D eigenvalue weighted by Gasteiger charge is -2.18. The molecule has 0 aliphatic carbocycles. The van der Waals surface area contributed by atoms with Crippen molar-refractivity contribution in [3.05, 3.63) is 158 Å². The summed E-state index contributed by atoms with van der Waals surface area (Å²) >= 11 is 0. The Balaban J connectivity index is 1.30. The zero-order valence-corrected chi connectivity index (χ0v) is 24.8. The van der Waals surface area contributed by atoms with Gasteiger partial charge >= 0.3 is 0 Å². The summed E-state index contributed by atoms with van der Waals surface area (Å²) in [4.78, 5) is 0. The Bertz CT molecular complexity index is 2740. The van der Waals surface area contributed by atoms with E-state index >= 15 is 0 Å². The molecule has 0 N–H and O–H groups in total. The van der Waals surface area contributed by atoms with Gasteiger partial charge in [0, 0.05) is 32.8 Å². The Labute approximate surface area is 264 Å². The number of hydrogen-bond donors (Lipinski definition) is 0. The van der Waals surface area contributed by atoms with Gasteiger partial charge in [-0.2, -0.15) is 0 Å². The van der Waals surface area contributed by atoms with Crippen molar-refractivity contribution in [2.75, 3.05) is 0 Å². The van der Waals surface area contributed by atoms with Crippen molar-refractivity contribution in [3.63, 3.8) is 0 Å². The van der Waals surface area contributed by atoms with Crippen molar-refractivity contribution in [3.8, 4) is 33.4 Å². The normalized spacial score (nSPS) is 11.9. The van der Waals surface area contributed by atoms with Gasteiger partial charge in [-0.15, -0.1) is 0 Å². The molecule has 0 fully saturated rings. The lowest BCUT2D eigenvalue weighted by atomic mass is 9.84. The monoisotopic (exact) mass is 586 g/mol. The van der Waals surface area contributed by atoms with Crippen LogP contribution < -0.4 is 0 Å². The highest BCUT2D eigenvalue weighted by atomic mass is 16.4. The van der Waals surface area contributed by atoms with Crippen molar-refractivity contribution < 1.29 is 8.83 Å². The maximum absolute atomic E-state index is 6.88. The molecular weight excluding hydrogens is 560 g/mol. The van der Waals surface area contributed by atoms with E-state index in [0.29, 0.717) is 0 Å². The number of benzene rings is 8. The first-order valence-corrected chi connectivity index (χ1v) is 15.7. The summed E-state index contributed by atoms with van der Waals surface area (Å²) in [6, 6.07) is 54.1. The largest absolute Gasteiger partial charge is 0.460 e. The molecule has 2 aromatic heterocycles. The standard InChI is InChI=1S/C44H26O2/c1-2-12-28(13-3-1)39-26-45-43-37(39)25-24-36-35-22-11-23-38(42(35)46-44(36)43)41-33-19-8-6-17-31(33)40(32-18-7-9-20-34(32)41)30-21-10-15-27-14-4-5-16-29(27)30/h1-26H. The predicted octanol–water partition coefficient (Wildman–Crippen LogP) is 12.8. The second kappa shape index (κ2) is 9.69. The molecule has 8 aromatic carbocycles. The molecule has 0 saturated carbocycles. The van der Waals surface area contributed by atoms with Crippen LogP contribution in [0.3, 0.4) is 0 Å². The Morgan fingerprint density at radius 3 is 1.57 bits per heavy atom. The van der Waals surface area contributed by atoms with Crippen LogP contribution in [0.25, 0.3) is 98.6 Å². The molecule has 46 heavy (non-hydrogen) atoms. The van der Waals surface area contributed by atoms with Crippen molar-refractivity contribution in [2.24, 2.45) is 0 Å². The molecule has 0 aliphatic heterocycles. The maximum atomic E-state index is 6.88. The van der Waals surface area contributed by atoms with Crippen LogP contribution in [0, 0.1) is 0 Å². The van der Waals surface area contributed by atoms with Crippen molar-refractivity contribution in [1.29, 1.82) is 0 Å². The highest BCUT2D eigenvalue weighted by molar-refractivity contribution is 6.26. The SMILES string of the molecule is c1ccc(-c2coc3c2ccc2c4cccc(-c5c6ccccc6c(-c6cccc7ccccc67)c6ccccc56)c4oc23)cc1. The lowest BCUT2D eigenvalue weighted by molar-refractivity contribution is 0.601. The van der Waals surface area contributed by atoms with Gasteiger partial charge in [0.1, 0.15) is 5.58 Å². The number of para-hydroxylation sites is 1. The van der Waals surface area contributed by atoms with Crippen LogP contribution in [0.15, 0.2) is 167 Å². The quantitative estimate of drug-likeness (QED) is 0.193. The predicted molar refractivity (Wildman–Crippen MR) is 192 cm³/mol. The highest BCUT2D eigenvalue weighted by Crippen LogP contribution is 2.48. The molecule has 0 atom stereocenters. The van der Waals surface area contributed by atoms with Crippen LogP contribution in [0.5, 0.6) is 0 Å². The van der Waals surface area contributed by atoms with Crippen LogP contribution in [0.4, 0.5) is 0 Å². The van der Waals surface area contributed by atoms with Crippen molar-refractivity contribution in [2.45, 2.75) is 0 Å². The van der Waals surface area contributed by atoms with E-state index in [1.807, 2.05) is 12.3 Å². The molecule has 0 amide bonds. The highest BCUT2D eigenvalue weighted by Gasteiger charge is 2.22. The number of rotatable bonds is 3. The van der Waals surface area contributed by atoms with Crippen LogP contribution in [-0.2, 0) is 0 Å².